The van der Waals surface area contributed by atoms with Crippen LogP contribution in [-0.2, 0) is 11.3 Å². The second-order valence-electron chi connectivity index (χ2n) is 2.63. The van der Waals surface area contributed by atoms with Crippen molar-refractivity contribution in [3.8, 4) is 0 Å². The van der Waals surface area contributed by atoms with Gasteiger partial charge in [0.1, 0.15) is 0 Å². The molecule has 0 aliphatic rings. The normalized spacial score (nSPS) is 11.1. The largest absolute Gasteiger partial charge is 0.440 e. The van der Waals surface area contributed by atoms with Gasteiger partial charge in [-0.25, -0.2) is 4.79 Å². The molecule has 8 heteroatoms. The first-order valence-corrected chi connectivity index (χ1v) is 3.93. The molecule has 0 radical (unpaired) electrons. The van der Waals surface area contributed by atoms with E-state index in [4.69, 9.17) is 0 Å². The number of carbonyl (C=O) groups excluding carboxylic acids is 1. The smallest absolute Gasteiger partial charge is 0.422 e. The maximum Gasteiger partial charge on any atom is 0.422 e. The number of nitrogens with one attached hydrogen (secondary N) is 2. The maximum absolute atomic E-state index is 11.6. The summed E-state index contributed by atoms with van der Waals surface area (Å²) in [6.07, 6.45) is -4.18. The van der Waals surface area contributed by atoms with E-state index in [1.807, 2.05) is 0 Å². The quantitative estimate of drug-likeness (QED) is 0.808. The molecule has 0 aromatic carbocycles. The van der Waals surface area contributed by atoms with Gasteiger partial charge in [-0.15, -0.1) is 0 Å². The van der Waals surface area contributed by atoms with E-state index in [0.29, 0.717) is 5.69 Å². The molecule has 0 saturated carbocycles. The third-order valence-electron chi connectivity index (χ3n) is 1.35. The molecule has 0 saturated heterocycles. The minimum atomic E-state index is -4.51. The zero-order valence-electron chi connectivity index (χ0n) is 7.47. The fraction of sp³-hybridized carbons (Fsp3) is 0.429. The molecule has 0 fully saturated rings. The third kappa shape index (κ3) is 4.89. The lowest BCUT2D eigenvalue weighted by molar-refractivity contribution is -0.160. The molecule has 5 nitrogen and oxygen atoms in total. The van der Waals surface area contributed by atoms with Crippen LogP contribution in [0.2, 0.25) is 0 Å². The van der Waals surface area contributed by atoms with Crippen LogP contribution in [0.4, 0.5) is 18.0 Å². The van der Waals surface area contributed by atoms with Gasteiger partial charge in [-0.3, -0.25) is 5.10 Å². The monoisotopic (exact) mass is 223 g/mol. The first-order valence-electron chi connectivity index (χ1n) is 3.93. The maximum atomic E-state index is 11.6. The van der Waals surface area contributed by atoms with Crippen LogP contribution in [0.5, 0.6) is 0 Å². The van der Waals surface area contributed by atoms with Gasteiger partial charge in [0.25, 0.3) is 0 Å². The first-order chi connectivity index (χ1) is 6.97. The summed E-state index contributed by atoms with van der Waals surface area (Å²) in [7, 11) is 0. The third-order valence-corrected chi connectivity index (χ3v) is 1.35. The molecule has 0 spiro atoms. The van der Waals surface area contributed by atoms with Crippen LogP contribution in [0.3, 0.4) is 0 Å². The van der Waals surface area contributed by atoms with Gasteiger partial charge in [-0.1, -0.05) is 0 Å². The lowest BCUT2D eigenvalue weighted by Gasteiger charge is -2.08. The number of alkyl halides is 3. The Labute approximate surface area is 82.6 Å². The summed E-state index contributed by atoms with van der Waals surface area (Å²) < 4.78 is 38.7. The van der Waals surface area contributed by atoms with Crippen LogP contribution in [0.15, 0.2) is 12.3 Å². The van der Waals surface area contributed by atoms with E-state index in [0.717, 1.165) is 0 Å². The van der Waals surface area contributed by atoms with Crippen molar-refractivity contribution in [2.45, 2.75) is 12.7 Å². The summed E-state index contributed by atoms with van der Waals surface area (Å²) in [5.41, 5.74) is 0.568. The lowest BCUT2D eigenvalue weighted by atomic mass is 10.4. The SMILES string of the molecule is O=C(NCc1ccn[nH]1)OCC(F)(F)F. The number of hydrogen-bond donors (Lipinski definition) is 2. The minimum Gasteiger partial charge on any atom is -0.440 e. The summed E-state index contributed by atoms with van der Waals surface area (Å²) in [5, 5.41) is 8.24. The van der Waals surface area contributed by atoms with Crippen LogP contribution in [0.1, 0.15) is 5.69 Å². The fourth-order valence-electron chi connectivity index (χ4n) is 0.749. The summed E-state index contributed by atoms with van der Waals surface area (Å²) >= 11 is 0. The zero-order chi connectivity index (χ0) is 11.3. The number of H-pyrrole nitrogens is 1. The number of aromatic amines is 1. The van der Waals surface area contributed by atoms with Gasteiger partial charge in [-0.05, 0) is 6.07 Å². The number of nitrogens with zero attached hydrogens (tertiary/aromatic N) is 1. The van der Waals surface area contributed by atoms with Gasteiger partial charge >= 0.3 is 12.3 Å². The number of halogens is 3. The van der Waals surface area contributed by atoms with Crippen molar-refractivity contribution in [2.24, 2.45) is 0 Å². The van der Waals surface area contributed by atoms with Crippen molar-refractivity contribution in [3.63, 3.8) is 0 Å². The highest BCUT2D eigenvalue weighted by atomic mass is 19.4. The van der Waals surface area contributed by atoms with Gasteiger partial charge in [-0.2, -0.15) is 18.3 Å². The summed E-state index contributed by atoms with van der Waals surface area (Å²) in [4.78, 5) is 10.7. The Balaban J connectivity index is 2.20. The van der Waals surface area contributed by atoms with Crippen LogP contribution >= 0.6 is 0 Å². The zero-order valence-corrected chi connectivity index (χ0v) is 7.47. The number of hydrogen-bond acceptors (Lipinski definition) is 3. The lowest BCUT2D eigenvalue weighted by Crippen LogP contribution is -2.28. The second-order valence-corrected chi connectivity index (χ2v) is 2.63. The number of ether oxygens (including phenoxy) is 1. The predicted octanol–water partition coefficient (Wildman–Crippen LogP) is 1.20. The van der Waals surface area contributed by atoms with E-state index >= 15 is 0 Å². The Hall–Kier alpha value is -1.73. The average molecular weight is 223 g/mol. The summed E-state index contributed by atoms with van der Waals surface area (Å²) in [6.45, 7) is -1.56. The highest BCUT2D eigenvalue weighted by Crippen LogP contribution is 2.14. The van der Waals surface area contributed by atoms with E-state index < -0.39 is 18.9 Å². The number of rotatable bonds is 3. The molecule has 0 unspecified atom stereocenters. The Morgan fingerprint density at radius 3 is 2.87 bits per heavy atom. The first kappa shape index (κ1) is 11.3. The molecule has 0 aliphatic heterocycles. The van der Waals surface area contributed by atoms with Gasteiger partial charge in [0.2, 0.25) is 0 Å². The molecule has 0 aliphatic carbocycles. The molecule has 15 heavy (non-hydrogen) atoms. The molecular weight excluding hydrogens is 215 g/mol. The van der Waals surface area contributed by atoms with E-state index in [1.165, 1.54) is 6.20 Å². The number of alkyl carbamates (subject to hydrolysis) is 1. The molecule has 1 aromatic rings. The van der Waals surface area contributed by atoms with Crippen molar-refractivity contribution in [1.82, 2.24) is 15.5 Å². The molecule has 1 aromatic heterocycles. The number of aromatic nitrogens is 2. The van der Waals surface area contributed by atoms with Crippen LogP contribution in [-0.4, -0.2) is 29.1 Å². The number of amides is 1. The van der Waals surface area contributed by atoms with Crippen molar-refractivity contribution in [3.05, 3.63) is 18.0 Å². The molecule has 84 valence electrons. The molecule has 0 atom stereocenters. The Bertz CT molecular complexity index is 310. The second kappa shape index (κ2) is 4.67. The van der Waals surface area contributed by atoms with E-state index in [1.54, 1.807) is 6.07 Å². The minimum absolute atomic E-state index is 0.0384. The van der Waals surface area contributed by atoms with Gasteiger partial charge < -0.3 is 10.1 Å². The summed E-state index contributed by atoms with van der Waals surface area (Å²) in [5.74, 6) is 0. The molecule has 1 heterocycles. The van der Waals surface area contributed by atoms with Crippen LogP contribution in [0, 0.1) is 0 Å². The molecular formula is C7H8F3N3O2. The van der Waals surface area contributed by atoms with Crippen molar-refractivity contribution in [1.29, 1.82) is 0 Å². The van der Waals surface area contributed by atoms with Crippen LogP contribution < -0.4 is 5.32 Å². The predicted molar refractivity (Wildman–Crippen MR) is 42.8 cm³/mol. The Morgan fingerprint density at radius 2 is 2.33 bits per heavy atom. The topological polar surface area (TPSA) is 67.0 Å². The molecule has 1 amide bonds. The van der Waals surface area contributed by atoms with Gasteiger partial charge in [0.05, 0.1) is 12.2 Å². The van der Waals surface area contributed by atoms with E-state index in [2.05, 4.69) is 20.3 Å². The highest BCUT2D eigenvalue weighted by molar-refractivity contribution is 5.67. The molecule has 0 bridgehead atoms. The van der Waals surface area contributed by atoms with Crippen molar-refractivity contribution >= 4 is 6.09 Å². The Morgan fingerprint density at radius 1 is 1.60 bits per heavy atom. The van der Waals surface area contributed by atoms with Crippen molar-refractivity contribution in [2.75, 3.05) is 6.61 Å². The summed E-state index contributed by atoms with van der Waals surface area (Å²) in [6, 6.07) is 1.57. The van der Waals surface area contributed by atoms with Crippen molar-refractivity contribution < 1.29 is 22.7 Å². The number of carbonyl (C=O) groups is 1. The average Bonchev–Trinajstić information content (AvgIpc) is 2.62. The van der Waals surface area contributed by atoms with Crippen LogP contribution in [0.25, 0.3) is 0 Å². The molecule has 2 N–H and O–H groups in total. The fourth-order valence-corrected chi connectivity index (χ4v) is 0.749. The Kier molecular flexibility index (Phi) is 3.53. The van der Waals surface area contributed by atoms with E-state index in [9.17, 15) is 18.0 Å². The van der Waals surface area contributed by atoms with Gasteiger partial charge in [0, 0.05) is 6.20 Å². The van der Waals surface area contributed by atoms with E-state index in [-0.39, 0.29) is 6.54 Å². The highest BCUT2D eigenvalue weighted by Gasteiger charge is 2.29. The molecule has 1 rings (SSSR count). The standard InChI is InChI=1S/C7H8F3N3O2/c8-7(9,10)4-15-6(14)11-3-5-1-2-12-13-5/h1-2H,3-4H2,(H,11,14)(H,12,13). The van der Waals surface area contributed by atoms with Gasteiger partial charge in [0.15, 0.2) is 6.61 Å².